The zero-order valence-electron chi connectivity index (χ0n) is 9.24. The predicted molar refractivity (Wildman–Crippen MR) is 61.2 cm³/mol. The Morgan fingerprint density at radius 1 is 1.31 bits per heavy atom. The fraction of sp³-hybridized carbons (Fsp3) is 0.455. The third-order valence-corrected chi connectivity index (χ3v) is 2.67. The smallest absolute Gasteiger partial charge is 0.179 e. The average Bonchev–Trinajstić information content (AvgIpc) is 2.28. The molecule has 1 rings (SSSR count). The zero-order chi connectivity index (χ0) is 12.1. The molecule has 0 aliphatic rings. The summed E-state index contributed by atoms with van der Waals surface area (Å²) in [5, 5.41) is 18.8. The molecule has 2 N–H and O–H groups in total. The van der Waals surface area contributed by atoms with Gasteiger partial charge in [0.25, 0.3) is 0 Å². The number of benzene rings is 1. The van der Waals surface area contributed by atoms with Gasteiger partial charge in [-0.1, -0.05) is 17.7 Å². The van der Waals surface area contributed by atoms with Crippen LogP contribution in [0.25, 0.3) is 0 Å². The normalized spacial score (nSPS) is 12.3. The molecular formula is C11H15ClO4. The van der Waals surface area contributed by atoms with E-state index in [9.17, 15) is 5.11 Å². The van der Waals surface area contributed by atoms with Crippen molar-refractivity contribution in [2.75, 3.05) is 20.8 Å². The maximum atomic E-state index is 9.74. The molecule has 0 fully saturated rings. The number of methoxy groups -OCH3 is 2. The van der Waals surface area contributed by atoms with Crippen LogP contribution in [0.5, 0.6) is 11.5 Å². The van der Waals surface area contributed by atoms with E-state index in [0.717, 1.165) is 0 Å². The van der Waals surface area contributed by atoms with Crippen LogP contribution >= 0.6 is 11.6 Å². The van der Waals surface area contributed by atoms with Crippen molar-refractivity contribution in [3.63, 3.8) is 0 Å². The van der Waals surface area contributed by atoms with Crippen LogP contribution in [0.4, 0.5) is 0 Å². The lowest BCUT2D eigenvalue weighted by atomic mass is 10.1. The molecule has 1 unspecified atom stereocenters. The molecule has 0 saturated heterocycles. The summed E-state index contributed by atoms with van der Waals surface area (Å²) in [7, 11) is 2.99. The molecule has 0 aliphatic carbocycles. The highest BCUT2D eigenvalue weighted by atomic mass is 35.5. The van der Waals surface area contributed by atoms with Gasteiger partial charge < -0.3 is 19.7 Å². The molecule has 90 valence electrons. The molecule has 4 nitrogen and oxygen atoms in total. The Bertz CT molecular complexity index is 354. The van der Waals surface area contributed by atoms with Crippen molar-refractivity contribution < 1.29 is 19.7 Å². The van der Waals surface area contributed by atoms with Crippen molar-refractivity contribution in [1.29, 1.82) is 0 Å². The third-order valence-electron chi connectivity index (χ3n) is 2.28. The van der Waals surface area contributed by atoms with Gasteiger partial charge in [0.2, 0.25) is 0 Å². The SMILES string of the molecule is COc1ccc(C(O)CCO)c(Cl)c1OC. The van der Waals surface area contributed by atoms with Crippen LogP contribution in [0.2, 0.25) is 5.02 Å². The molecule has 0 radical (unpaired) electrons. The topological polar surface area (TPSA) is 58.9 Å². The Kier molecular flexibility index (Phi) is 4.86. The number of ether oxygens (including phenoxy) is 2. The molecule has 5 heteroatoms. The van der Waals surface area contributed by atoms with Gasteiger partial charge in [0, 0.05) is 18.6 Å². The van der Waals surface area contributed by atoms with Crippen LogP contribution in [0.1, 0.15) is 18.1 Å². The number of hydrogen-bond donors (Lipinski definition) is 2. The summed E-state index contributed by atoms with van der Waals surface area (Å²) in [5.41, 5.74) is 0.522. The van der Waals surface area contributed by atoms with Crippen molar-refractivity contribution in [3.8, 4) is 11.5 Å². The van der Waals surface area contributed by atoms with Gasteiger partial charge >= 0.3 is 0 Å². The molecule has 0 amide bonds. The van der Waals surface area contributed by atoms with Gasteiger partial charge in [-0.25, -0.2) is 0 Å². The van der Waals surface area contributed by atoms with E-state index in [2.05, 4.69) is 0 Å². The van der Waals surface area contributed by atoms with E-state index < -0.39 is 6.10 Å². The van der Waals surface area contributed by atoms with Gasteiger partial charge in [-0.15, -0.1) is 0 Å². The van der Waals surface area contributed by atoms with Crippen molar-refractivity contribution in [3.05, 3.63) is 22.7 Å². The van der Waals surface area contributed by atoms with Crippen LogP contribution in [0.15, 0.2) is 12.1 Å². The average molecular weight is 247 g/mol. The van der Waals surface area contributed by atoms with E-state index in [0.29, 0.717) is 22.1 Å². The minimum absolute atomic E-state index is 0.105. The lowest BCUT2D eigenvalue weighted by molar-refractivity contribution is 0.134. The summed E-state index contributed by atoms with van der Waals surface area (Å²) in [6, 6.07) is 3.32. The fourth-order valence-corrected chi connectivity index (χ4v) is 1.80. The Morgan fingerprint density at radius 2 is 2.00 bits per heavy atom. The molecule has 0 heterocycles. The molecule has 0 aliphatic heterocycles. The van der Waals surface area contributed by atoms with Gasteiger partial charge in [0.15, 0.2) is 11.5 Å². The lowest BCUT2D eigenvalue weighted by Crippen LogP contribution is -2.03. The molecular weight excluding hydrogens is 232 g/mol. The van der Waals surface area contributed by atoms with E-state index in [4.69, 9.17) is 26.2 Å². The number of aliphatic hydroxyl groups excluding tert-OH is 2. The Morgan fingerprint density at radius 3 is 2.50 bits per heavy atom. The van der Waals surface area contributed by atoms with Gasteiger partial charge in [-0.3, -0.25) is 0 Å². The third kappa shape index (κ3) is 2.58. The minimum atomic E-state index is -0.808. The lowest BCUT2D eigenvalue weighted by Gasteiger charge is -2.16. The first-order valence-electron chi connectivity index (χ1n) is 4.85. The molecule has 16 heavy (non-hydrogen) atoms. The summed E-state index contributed by atoms with van der Waals surface area (Å²) in [4.78, 5) is 0. The Hall–Kier alpha value is -0.970. The second kappa shape index (κ2) is 5.94. The van der Waals surface area contributed by atoms with Crippen LogP contribution in [0.3, 0.4) is 0 Å². The number of rotatable bonds is 5. The van der Waals surface area contributed by atoms with Crippen LogP contribution in [-0.2, 0) is 0 Å². The van der Waals surface area contributed by atoms with E-state index >= 15 is 0 Å². The fourth-order valence-electron chi connectivity index (χ4n) is 1.44. The molecule has 0 spiro atoms. The van der Waals surface area contributed by atoms with Crippen molar-refractivity contribution in [1.82, 2.24) is 0 Å². The van der Waals surface area contributed by atoms with Gasteiger partial charge in [-0.05, 0) is 6.07 Å². The molecule has 1 aromatic rings. The highest BCUT2D eigenvalue weighted by Gasteiger charge is 2.17. The minimum Gasteiger partial charge on any atom is -0.493 e. The summed E-state index contributed by atoms with van der Waals surface area (Å²) < 4.78 is 10.2. The molecule has 1 aromatic carbocycles. The first-order valence-corrected chi connectivity index (χ1v) is 5.22. The van der Waals surface area contributed by atoms with Crippen LogP contribution < -0.4 is 9.47 Å². The molecule has 1 atom stereocenters. The second-order valence-corrected chi connectivity index (χ2v) is 3.61. The number of hydrogen-bond acceptors (Lipinski definition) is 4. The zero-order valence-corrected chi connectivity index (χ0v) is 9.99. The van der Waals surface area contributed by atoms with Gasteiger partial charge in [-0.2, -0.15) is 0 Å². The number of aliphatic hydroxyl groups is 2. The monoisotopic (exact) mass is 246 g/mol. The molecule has 0 bridgehead atoms. The molecule has 0 aromatic heterocycles. The largest absolute Gasteiger partial charge is 0.493 e. The molecule has 0 saturated carbocycles. The quantitative estimate of drug-likeness (QED) is 0.832. The summed E-state index contributed by atoms with van der Waals surface area (Å²) in [6.45, 7) is -0.105. The summed E-state index contributed by atoms with van der Waals surface area (Å²) >= 11 is 6.08. The second-order valence-electron chi connectivity index (χ2n) is 3.23. The van der Waals surface area contributed by atoms with E-state index in [1.807, 2.05) is 0 Å². The van der Waals surface area contributed by atoms with Crippen LogP contribution in [-0.4, -0.2) is 31.0 Å². The van der Waals surface area contributed by atoms with Crippen molar-refractivity contribution in [2.45, 2.75) is 12.5 Å². The highest BCUT2D eigenvalue weighted by Crippen LogP contribution is 2.40. The Labute approximate surface area is 99.4 Å². The summed E-state index contributed by atoms with van der Waals surface area (Å²) in [6.07, 6.45) is -0.577. The van der Waals surface area contributed by atoms with Crippen LogP contribution in [0, 0.1) is 0 Å². The predicted octanol–water partition coefficient (Wildman–Crippen LogP) is 1.77. The van der Waals surface area contributed by atoms with Gasteiger partial charge in [0.05, 0.1) is 25.3 Å². The van der Waals surface area contributed by atoms with Crippen molar-refractivity contribution in [2.24, 2.45) is 0 Å². The van der Waals surface area contributed by atoms with E-state index in [1.165, 1.54) is 14.2 Å². The highest BCUT2D eigenvalue weighted by molar-refractivity contribution is 6.33. The van der Waals surface area contributed by atoms with E-state index in [1.54, 1.807) is 12.1 Å². The first-order chi connectivity index (χ1) is 7.65. The van der Waals surface area contributed by atoms with E-state index in [-0.39, 0.29) is 13.0 Å². The first kappa shape index (κ1) is 13.1. The standard InChI is InChI=1S/C11H15ClO4/c1-15-9-4-3-7(8(14)5-6-13)10(12)11(9)16-2/h3-4,8,13-14H,5-6H2,1-2H3. The summed E-state index contributed by atoms with van der Waals surface area (Å²) in [5.74, 6) is 0.895. The van der Waals surface area contributed by atoms with Gasteiger partial charge in [0.1, 0.15) is 0 Å². The van der Waals surface area contributed by atoms with Crippen molar-refractivity contribution >= 4 is 11.6 Å². The Balaban J connectivity index is 3.13. The maximum absolute atomic E-state index is 9.74. The number of halogens is 1. The maximum Gasteiger partial charge on any atom is 0.179 e.